The molecule has 0 heterocycles. The van der Waals surface area contributed by atoms with Crippen molar-refractivity contribution in [2.24, 2.45) is 0 Å². The maximum absolute atomic E-state index is 11.5. The summed E-state index contributed by atoms with van der Waals surface area (Å²) in [6.07, 6.45) is -4.42. The molecule has 0 aliphatic rings. The van der Waals surface area contributed by atoms with Gasteiger partial charge in [0.2, 0.25) is 17.7 Å². The number of carbonyl (C=O) groups excluding carboxylic acids is 3. The summed E-state index contributed by atoms with van der Waals surface area (Å²) in [6, 6.07) is -1.33. The first kappa shape index (κ1) is 17.0. The molecule has 9 heteroatoms. The summed E-state index contributed by atoms with van der Waals surface area (Å²) < 4.78 is 0. The molecule has 3 atom stereocenters. The van der Waals surface area contributed by atoms with E-state index in [4.69, 9.17) is 10.2 Å². The van der Waals surface area contributed by atoms with E-state index in [9.17, 15) is 24.3 Å². The van der Waals surface area contributed by atoms with Crippen molar-refractivity contribution in [2.45, 2.75) is 38.5 Å². The highest BCUT2D eigenvalue weighted by Crippen LogP contribution is 2.04. The zero-order chi connectivity index (χ0) is 15.2. The predicted molar refractivity (Wildman–Crippen MR) is 60.7 cm³/mol. The highest BCUT2D eigenvalue weighted by molar-refractivity contribution is 5.98. The third kappa shape index (κ3) is 6.48. The van der Waals surface area contributed by atoms with Gasteiger partial charge < -0.3 is 20.6 Å². The number of nitrogens with one attached hydrogen (secondary N) is 2. The summed E-state index contributed by atoms with van der Waals surface area (Å²) in [5.74, 6) is -3.85. The van der Waals surface area contributed by atoms with Crippen LogP contribution in [0.1, 0.15) is 20.3 Å². The van der Waals surface area contributed by atoms with Gasteiger partial charge in [0.25, 0.3) is 0 Å². The van der Waals surface area contributed by atoms with Crippen molar-refractivity contribution < 1.29 is 34.5 Å². The summed E-state index contributed by atoms with van der Waals surface area (Å²) in [7, 11) is 0. The lowest BCUT2D eigenvalue weighted by atomic mass is 10.0. The quantitative estimate of drug-likeness (QED) is 0.355. The molecule has 0 unspecified atom stereocenters. The van der Waals surface area contributed by atoms with E-state index < -0.39 is 48.4 Å². The van der Waals surface area contributed by atoms with Crippen molar-refractivity contribution >= 4 is 23.7 Å². The van der Waals surface area contributed by atoms with Gasteiger partial charge in [-0.1, -0.05) is 0 Å². The van der Waals surface area contributed by atoms with Gasteiger partial charge in [0.15, 0.2) is 6.10 Å². The Labute approximate surface area is 108 Å². The molecule has 19 heavy (non-hydrogen) atoms. The number of rotatable bonds is 6. The second-order valence-corrected chi connectivity index (χ2v) is 3.88. The van der Waals surface area contributed by atoms with Gasteiger partial charge in [0, 0.05) is 20.3 Å². The van der Waals surface area contributed by atoms with E-state index in [1.165, 1.54) is 0 Å². The van der Waals surface area contributed by atoms with Crippen LogP contribution in [0.15, 0.2) is 0 Å². The molecular formula is C10H16N2O7. The van der Waals surface area contributed by atoms with Crippen molar-refractivity contribution in [1.82, 2.24) is 10.6 Å². The van der Waals surface area contributed by atoms with Crippen LogP contribution in [0.3, 0.4) is 0 Å². The molecule has 0 aromatic rings. The average molecular weight is 276 g/mol. The Balaban J connectivity index is 4.76. The van der Waals surface area contributed by atoms with E-state index >= 15 is 0 Å². The molecule has 5 N–H and O–H groups in total. The predicted octanol–water partition coefficient (Wildman–Crippen LogP) is -2.65. The number of aliphatic hydroxyl groups is 2. The second kappa shape index (κ2) is 7.44. The van der Waals surface area contributed by atoms with Gasteiger partial charge in [0.1, 0.15) is 6.04 Å². The van der Waals surface area contributed by atoms with Crippen LogP contribution in [0.5, 0.6) is 0 Å². The van der Waals surface area contributed by atoms with Crippen molar-refractivity contribution in [3.05, 3.63) is 0 Å². The molecule has 9 nitrogen and oxygen atoms in total. The maximum atomic E-state index is 11.5. The number of amides is 3. The molecule has 0 rings (SSSR count). The summed E-state index contributed by atoms with van der Waals surface area (Å²) >= 11 is 0. The number of carboxylic acids is 1. The highest BCUT2D eigenvalue weighted by Gasteiger charge is 2.30. The molecule has 0 saturated carbocycles. The molecule has 0 aromatic carbocycles. The SMILES string of the molecule is CC(=O)NC(=O)[C@H](C[C@H](O)[C@H](O)C(=O)O)NC(C)=O. The van der Waals surface area contributed by atoms with Crippen LogP contribution in [0.2, 0.25) is 0 Å². The first-order chi connectivity index (χ1) is 8.65. The van der Waals surface area contributed by atoms with Crippen LogP contribution in [0.4, 0.5) is 0 Å². The molecule has 3 amide bonds. The van der Waals surface area contributed by atoms with Crippen LogP contribution in [0, 0.1) is 0 Å². The third-order valence-electron chi connectivity index (χ3n) is 2.09. The zero-order valence-electron chi connectivity index (χ0n) is 10.4. The molecule has 108 valence electrons. The van der Waals surface area contributed by atoms with E-state index in [2.05, 4.69) is 5.32 Å². The molecule has 0 bridgehead atoms. The normalized spacial score (nSPS) is 14.9. The fourth-order valence-electron chi connectivity index (χ4n) is 1.27. The lowest BCUT2D eigenvalue weighted by Crippen LogP contribution is -2.50. The first-order valence-corrected chi connectivity index (χ1v) is 5.32. The van der Waals surface area contributed by atoms with E-state index in [0.717, 1.165) is 13.8 Å². The topological polar surface area (TPSA) is 153 Å². The Bertz CT molecular complexity index is 382. The summed E-state index contributed by atoms with van der Waals surface area (Å²) in [4.78, 5) is 43.6. The van der Waals surface area contributed by atoms with Gasteiger partial charge in [0.05, 0.1) is 6.10 Å². The Morgan fingerprint density at radius 1 is 1.05 bits per heavy atom. The Morgan fingerprint density at radius 3 is 1.95 bits per heavy atom. The van der Waals surface area contributed by atoms with Gasteiger partial charge in [-0.2, -0.15) is 0 Å². The number of hydrogen-bond donors (Lipinski definition) is 5. The first-order valence-electron chi connectivity index (χ1n) is 5.32. The average Bonchev–Trinajstić information content (AvgIpc) is 2.25. The van der Waals surface area contributed by atoms with Crippen LogP contribution in [0.25, 0.3) is 0 Å². The third-order valence-corrected chi connectivity index (χ3v) is 2.09. The van der Waals surface area contributed by atoms with Gasteiger partial charge >= 0.3 is 5.97 Å². The Hall–Kier alpha value is -2.00. The number of carbonyl (C=O) groups is 4. The van der Waals surface area contributed by atoms with Gasteiger partial charge in [-0.15, -0.1) is 0 Å². The van der Waals surface area contributed by atoms with Crippen LogP contribution in [-0.2, 0) is 19.2 Å². The number of carboxylic acid groups (broad SMARTS) is 1. The number of hydrogen-bond acceptors (Lipinski definition) is 6. The molecular weight excluding hydrogens is 260 g/mol. The summed E-state index contributed by atoms with van der Waals surface area (Å²) in [5, 5.41) is 31.0. The van der Waals surface area contributed by atoms with Crippen molar-refractivity contribution in [3.63, 3.8) is 0 Å². The monoisotopic (exact) mass is 276 g/mol. The summed E-state index contributed by atoms with van der Waals surface area (Å²) in [5.41, 5.74) is 0. The largest absolute Gasteiger partial charge is 0.479 e. The lowest BCUT2D eigenvalue weighted by molar-refractivity contribution is -0.154. The smallest absolute Gasteiger partial charge is 0.335 e. The molecule has 0 aliphatic heterocycles. The van der Waals surface area contributed by atoms with E-state index in [1.54, 1.807) is 0 Å². The minimum Gasteiger partial charge on any atom is -0.479 e. The number of imide groups is 1. The van der Waals surface area contributed by atoms with Gasteiger partial charge in [-0.05, 0) is 0 Å². The highest BCUT2D eigenvalue weighted by atomic mass is 16.4. The molecule has 0 radical (unpaired) electrons. The fraction of sp³-hybridized carbons (Fsp3) is 0.600. The minimum atomic E-state index is -2.10. The number of aliphatic hydroxyl groups excluding tert-OH is 2. The molecule has 0 aliphatic carbocycles. The van der Waals surface area contributed by atoms with Crippen molar-refractivity contribution in [2.75, 3.05) is 0 Å². The van der Waals surface area contributed by atoms with Gasteiger partial charge in [-0.3, -0.25) is 19.7 Å². The lowest BCUT2D eigenvalue weighted by Gasteiger charge is -2.21. The standard InChI is InChI=1S/C10H16N2O7/c1-4(13)11-6(9(17)12-5(2)14)3-7(15)8(16)10(18)19/h6-8,15-16H,3H2,1-2H3,(H,11,13)(H,18,19)(H,12,14,17)/t6-,7-,8-/m0/s1. The maximum Gasteiger partial charge on any atom is 0.335 e. The van der Waals surface area contributed by atoms with E-state index in [-0.39, 0.29) is 0 Å². The molecule has 0 fully saturated rings. The second-order valence-electron chi connectivity index (χ2n) is 3.88. The molecule has 0 saturated heterocycles. The van der Waals surface area contributed by atoms with Crippen LogP contribution >= 0.6 is 0 Å². The van der Waals surface area contributed by atoms with E-state index in [1.807, 2.05) is 5.32 Å². The minimum absolute atomic E-state index is 0.549. The van der Waals surface area contributed by atoms with Crippen LogP contribution < -0.4 is 10.6 Å². The Morgan fingerprint density at radius 2 is 1.58 bits per heavy atom. The zero-order valence-corrected chi connectivity index (χ0v) is 10.4. The Kier molecular flexibility index (Phi) is 6.66. The van der Waals surface area contributed by atoms with E-state index in [0.29, 0.717) is 0 Å². The van der Waals surface area contributed by atoms with Crippen molar-refractivity contribution in [1.29, 1.82) is 0 Å². The fourth-order valence-corrected chi connectivity index (χ4v) is 1.27. The van der Waals surface area contributed by atoms with Gasteiger partial charge in [-0.25, -0.2) is 4.79 Å². The molecule has 0 spiro atoms. The number of aliphatic carboxylic acids is 1. The van der Waals surface area contributed by atoms with Crippen molar-refractivity contribution in [3.8, 4) is 0 Å². The summed E-state index contributed by atoms with van der Waals surface area (Å²) in [6.45, 7) is 2.18. The molecule has 0 aromatic heterocycles. The van der Waals surface area contributed by atoms with Crippen LogP contribution in [-0.4, -0.2) is 57.3 Å².